The minimum atomic E-state index is -0.426. The lowest BCUT2D eigenvalue weighted by Gasteiger charge is -2.20. The molecule has 2 aromatic carbocycles. The molecule has 0 fully saturated rings. The summed E-state index contributed by atoms with van der Waals surface area (Å²) in [5, 5.41) is 10.4. The van der Waals surface area contributed by atoms with Gasteiger partial charge in [-0.05, 0) is 30.3 Å². The zero-order chi connectivity index (χ0) is 18.8. The number of ketones is 1. The highest BCUT2D eigenvalue weighted by Crippen LogP contribution is 2.40. The highest BCUT2D eigenvalue weighted by atomic mass is 35.5. The minimum absolute atomic E-state index is 0.0272. The number of hydrogen-bond acceptors (Lipinski definition) is 5. The van der Waals surface area contributed by atoms with Gasteiger partial charge in [0.2, 0.25) is 5.78 Å². The molecule has 0 aromatic heterocycles. The fraction of sp³-hybridized carbons (Fsp3) is 0.158. The van der Waals surface area contributed by atoms with E-state index >= 15 is 0 Å². The first kappa shape index (κ1) is 18.1. The van der Waals surface area contributed by atoms with Crippen LogP contribution in [-0.2, 0) is 4.79 Å². The molecule has 2 aromatic rings. The number of halogens is 2. The number of fused-ring (bicyclic) bond motifs is 1. The fourth-order valence-corrected chi connectivity index (χ4v) is 3.40. The summed E-state index contributed by atoms with van der Waals surface area (Å²) < 4.78 is 5.48. The molecule has 26 heavy (non-hydrogen) atoms. The molecule has 1 aliphatic heterocycles. The molecule has 0 atom stereocenters. The molecule has 1 heterocycles. The van der Waals surface area contributed by atoms with Crippen LogP contribution in [0.1, 0.15) is 0 Å². The predicted octanol–water partition coefficient (Wildman–Crippen LogP) is 4.26. The summed E-state index contributed by atoms with van der Waals surface area (Å²) in [5.74, 6) is 0.464. The van der Waals surface area contributed by atoms with Crippen molar-refractivity contribution in [1.29, 1.82) is 5.26 Å². The average molecular weight is 388 g/mol. The molecule has 132 valence electrons. The Kier molecular flexibility index (Phi) is 5.08. The highest BCUT2D eigenvalue weighted by molar-refractivity contribution is 6.34. The molecule has 0 amide bonds. The van der Waals surface area contributed by atoms with Gasteiger partial charge in [0.05, 0.1) is 11.4 Å². The number of carbonyl (C=O) groups is 1. The first-order valence-corrected chi connectivity index (χ1v) is 8.51. The maximum atomic E-state index is 12.6. The van der Waals surface area contributed by atoms with E-state index in [1.807, 2.05) is 54.2 Å². The number of hydrogen-bond donors (Lipinski definition) is 0. The molecule has 3 rings (SSSR count). The van der Waals surface area contributed by atoms with E-state index in [9.17, 15) is 10.1 Å². The van der Waals surface area contributed by atoms with Crippen LogP contribution in [0.3, 0.4) is 0 Å². The van der Waals surface area contributed by atoms with Gasteiger partial charge in [0.1, 0.15) is 23.2 Å². The van der Waals surface area contributed by atoms with Crippen LogP contribution in [0, 0.1) is 11.3 Å². The van der Waals surface area contributed by atoms with Crippen LogP contribution in [0.15, 0.2) is 53.9 Å². The van der Waals surface area contributed by atoms with Gasteiger partial charge in [-0.25, -0.2) is 0 Å². The lowest BCUT2D eigenvalue weighted by molar-refractivity contribution is -0.117. The Morgan fingerprint density at radius 1 is 1.08 bits per heavy atom. The molecule has 0 N–H and O–H groups in total. The number of nitriles is 1. The molecule has 0 saturated carbocycles. The van der Waals surface area contributed by atoms with Crippen LogP contribution in [0.25, 0.3) is 0 Å². The van der Waals surface area contributed by atoms with Crippen molar-refractivity contribution in [3.8, 4) is 11.8 Å². The summed E-state index contributed by atoms with van der Waals surface area (Å²) in [5.41, 5.74) is 1.88. The van der Waals surface area contributed by atoms with E-state index in [4.69, 9.17) is 27.9 Å². The normalized spacial score (nSPS) is 12.7. The van der Waals surface area contributed by atoms with Crippen LogP contribution in [0.5, 0.6) is 5.75 Å². The molecule has 1 aliphatic rings. The Morgan fingerprint density at radius 3 is 2.12 bits per heavy atom. The third-order valence-corrected chi connectivity index (χ3v) is 4.50. The van der Waals surface area contributed by atoms with E-state index in [0.717, 1.165) is 11.4 Å². The number of anilines is 2. The molecule has 0 aliphatic carbocycles. The van der Waals surface area contributed by atoms with Crippen molar-refractivity contribution in [2.75, 3.05) is 30.5 Å². The Bertz CT molecular complexity index is 899. The quantitative estimate of drug-likeness (QED) is 0.579. The number of carbonyl (C=O) groups excluding carboxylic acids is 1. The number of rotatable bonds is 4. The van der Waals surface area contributed by atoms with Gasteiger partial charge in [-0.3, -0.25) is 4.79 Å². The monoisotopic (exact) mass is 387 g/mol. The lowest BCUT2D eigenvalue weighted by Crippen LogP contribution is -2.27. The van der Waals surface area contributed by atoms with Crippen molar-refractivity contribution in [3.05, 3.63) is 63.9 Å². The average Bonchev–Trinajstić information content (AvgIpc) is 2.85. The molecule has 0 spiro atoms. The van der Waals surface area contributed by atoms with E-state index in [1.54, 1.807) is 18.2 Å². The van der Waals surface area contributed by atoms with Crippen LogP contribution in [0.4, 0.5) is 11.4 Å². The summed E-state index contributed by atoms with van der Waals surface area (Å²) in [6.45, 7) is -0.291. The van der Waals surface area contributed by atoms with Crippen LogP contribution in [-0.4, -0.2) is 26.5 Å². The van der Waals surface area contributed by atoms with Gasteiger partial charge in [-0.2, -0.15) is 5.26 Å². The summed E-state index contributed by atoms with van der Waals surface area (Å²) in [6.07, 6.45) is 0. The second-order valence-electron chi connectivity index (χ2n) is 5.73. The molecular weight excluding hydrogens is 373 g/mol. The van der Waals surface area contributed by atoms with Crippen LogP contribution >= 0.6 is 23.2 Å². The zero-order valence-corrected chi connectivity index (χ0v) is 15.7. The summed E-state index contributed by atoms with van der Waals surface area (Å²) >= 11 is 11.8. The first-order chi connectivity index (χ1) is 12.4. The Balaban J connectivity index is 1.86. The molecule has 0 saturated heterocycles. The number of para-hydroxylation sites is 2. The highest BCUT2D eigenvalue weighted by Gasteiger charge is 2.31. The zero-order valence-electron chi connectivity index (χ0n) is 14.2. The number of Topliss-reactive ketones (excluding diaryl/α,β-unsaturated/α-hetero) is 1. The van der Waals surface area contributed by atoms with Crippen LogP contribution in [0.2, 0.25) is 10.0 Å². The van der Waals surface area contributed by atoms with Gasteiger partial charge >= 0.3 is 0 Å². The molecule has 0 radical (unpaired) electrons. The summed E-state index contributed by atoms with van der Waals surface area (Å²) in [7, 11) is 3.64. The van der Waals surface area contributed by atoms with Crippen molar-refractivity contribution in [2.45, 2.75) is 0 Å². The topological polar surface area (TPSA) is 56.6 Å². The second-order valence-corrected chi connectivity index (χ2v) is 6.61. The second kappa shape index (κ2) is 7.28. The molecule has 5 nitrogen and oxygen atoms in total. The van der Waals surface area contributed by atoms with Gasteiger partial charge in [0.25, 0.3) is 0 Å². The van der Waals surface area contributed by atoms with Crippen LogP contribution < -0.4 is 14.5 Å². The van der Waals surface area contributed by atoms with Gasteiger partial charge in [-0.15, -0.1) is 0 Å². The predicted molar refractivity (Wildman–Crippen MR) is 103 cm³/mol. The SMILES string of the molecule is CN1C(=C(C#N)C(=O)COc2cc(Cl)cc(Cl)c2)N(C)c2ccccc21. The van der Waals surface area contributed by atoms with Crippen molar-refractivity contribution < 1.29 is 9.53 Å². The molecular formula is C19H15Cl2N3O2. The van der Waals surface area contributed by atoms with Crippen molar-refractivity contribution in [3.63, 3.8) is 0 Å². The first-order valence-electron chi connectivity index (χ1n) is 7.75. The minimum Gasteiger partial charge on any atom is -0.485 e. The van der Waals surface area contributed by atoms with E-state index < -0.39 is 5.78 Å². The summed E-state index contributed by atoms with van der Waals surface area (Å²) in [4.78, 5) is 16.3. The third kappa shape index (κ3) is 3.34. The van der Waals surface area contributed by atoms with Crippen molar-refractivity contribution in [1.82, 2.24) is 0 Å². The Labute approximate surface area is 161 Å². The third-order valence-electron chi connectivity index (χ3n) is 4.06. The summed E-state index contributed by atoms with van der Waals surface area (Å²) in [6, 6.07) is 14.4. The van der Waals surface area contributed by atoms with E-state index in [2.05, 4.69) is 0 Å². The van der Waals surface area contributed by atoms with Gasteiger partial charge in [-0.1, -0.05) is 35.3 Å². The lowest BCUT2D eigenvalue weighted by atomic mass is 10.2. The molecule has 0 unspecified atom stereocenters. The smallest absolute Gasteiger partial charge is 0.214 e. The van der Waals surface area contributed by atoms with E-state index in [-0.39, 0.29) is 12.2 Å². The standard InChI is InChI=1S/C19H15Cl2N3O2/c1-23-16-5-3-4-6-17(16)24(2)19(23)15(10-22)18(25)11-26-14-8-12(20)7-13(21)9-14/h3-9H,11H2,1-2H3. The maximum absolute atomic E-state index is 12.6. The van der Waals surface area contributed by atoms with Crippen molar-refractivity contribution >= 4 is 40.4 Å². The number of ether oxygens (including phenoxy) is 1. The molecule has 7 heteroatoms. The maximum Gasteiger partial charge on any atom is 0.214 e. The van der Waals surface area contributed by atoms with Gasteiger partial charge in [0, 0.05) is 24.1 Å². The Morgan fingerprint density at radius 2 is 1.62 bits per heavy atom. The number of benzene rings is 2. The Hall–Kier alpha value is -2.68. The molecule has 0 bridgehead atoms. The van der Waals surface area contributed by atoms with Gasteiger partial charge < -0.3 is 14.5 Å². The van der Waals surface area contributed by atoms with Gasteiger partial charge in [0.15, 0.2) is 6.61 Å². The van der Waals surface area contributed by atoms with Crippen molar-refractivity contribution in [2.24, 2.45) is 0 Å². The van der Waals surface area contributed by atoms with E-state index in [0.29, 0.717) is 21.6 Å². The van der Waals surface area contributed by atoms with E-state index in [1.165, 1.54) is 0 Å². The fourth-order valence-electron chi connectivity index (χ4n) is 2.89. The number of nitrogens with zero attached hydrogens (tertiary/aromatic N) is 3. The largest absolute Gasteiger partial charge is 0.485 e.